The van der Waals surface area contributed by atoms with E-state index in [-0.39, 0.29) is 0 Å². The second-order valence-electron chi connectivity index (χ2n) is 7.38. The van der Waals surface area contributed by atoms with Crippen LogP contribution in [0.3, 0.4) is 0 Å². The Morgan fingerprint density at radius 1 is 1.19 bits per heavy atom. The van der Waals surface area contributed by atoms with E-state index in [9.17, 15) is 4.79 Å². The lowest BCUT2D eigenvalue weighted by atomic mass is 9.86. The number of piperazine rings is 1. The molecule has 1 saturated carbocycles. The van der Waals surface area contributed by atoms with Crippen LogP contribution in [-0.4, -0.2) is 48.2 Å². The Hall–Kier alpha value is -1.27. The topological polar surface area (TPSA) is 36.4 Å². The SMILES string of the molecule is CSc1cccc2sc(N3CCN(C(=O)CC4CCCCC4)CC3)nc12. The third-order valence-electron chi connectivity index (χ3n) is 5.68. The van der Waals surface area contributed by atoms with E-state index >= 15 is 0 Å². The number of nitrogens with zero attached hydrogens (tertiary/aromatic N) is 3. The number of benzene rings is 1. The summed E-state index contributed by atoms with van der Waals surface area (Å²) in [6, 6.07) is 6.40. The fourth-order valence-corrected chi connectivity index (χ4v) is 5.80. The maximum absolute atomic E-state index is 12.6. The van der Waals surface area contributed by atoms with E-state index in [2.05, 4.69) is 34.3 Å². The summed E-state index contributed by atoms with van der Waals surface area (Å²) < 4.78 is 1.25. The predicted molar refractivity (Wildman–Crippen MR) is 111 cm³/mol. The number of hydrogen-bond acceptors (Lipinski definition) is 5. The molecule has 0 N–H and O–H groups in total. The van der Waals surface area contributed by atoms with Gasteiger partial charge in [0.1, 0.15) is 0 Å². The highest BCUT2D eigenvalue weighted by molar-refractivity contribution is 7.98. The Labute approximate surface area is 164 Å². The van der Waals surface area contributed by atoms with Crippen LogP contribution in [0.2, 0.25) is 0 Å². The Balaban J connectivity index is 1.36. The Morgan fingerprint density at radius 2 is 1.96 bits per heavy atom. The van der Waals surface area contributed by atoms with Crippen molar-refractivity contribution in [2.75, 3.05) is 37.3 Å². The number of para-hydroxylation sites is 1. The van der Waals surface area contributed by atoms with Crippen LogP contribution in [0.4, 0.5) is 5.13 Å². The molecule has 4 nitrogen and oxygen atoms in total. The summed E-state index contributed by atoms with van der Waals surface area (Å²) in [5, 5.41) is 1.10. The number of hydrogen-bond donors (Lipinski definition) is 0. The van der Waals surface area contributed by atoms with E-state index in [1.54, 1.807) is 23.1 Å². The molecule has 1 aliphatic carbocycles. The smallest absolute Gasteiger partial charge is 0.222 e. The first kappa shape index (κ1) is 18.1. The number of fused-ring (bicyclic) bond motifs is 1. The number of thioether (sulfide) groups is 1. The van der Waals surface area contributed by atoms with Gasteiger partial charge in [0.15, 0.2) is 5.13 Å². The van der Waals surface area contributed by atoms with Gasteiger partial charge in [-0.15, -0.1) is 11.8 Å². The first-order chi connectivity index (χ1) is 12.7. The second kappa shape index (κ2) is 8.17. The van der Waals surface area contributed by atoms with E-state index in [0.717, 1.165) is 43.2 Å². The maximum atomic E-state index is 12.6. The molecule has 0 spiro atoms. The summed E-state index contributed by atoms with van der Waals surface area (Å²) in [6.07, 6.45) is 9.32. The van der Waals surface area contributed by atoms with Crippen molar-refractivity contribution >= 4 is 44.4 Å². The highest BCUT2D eigenvalue weighted by Gasteiger charge is 2.25. The van der Waals surface area contributed by atoms with Crippen LogP contribution in [0.5, 0.6) is 0 Å². The quantitative estimate of drug-likeness (QED) is 0.714. The Bertz CT molecular complexity index is 762. The minimum Gasteiger partial charge on any atom is -0.345 e. The minimum absolute atomic E-state index is 0.366. The van der Waals surface area contributed by atoms with Crippen LogP contribution < -0.4 is 4.90 Å². The van der Waals surface area contributed by atoms with E-state index in [4.69, 9.17) is 4.98 Å². The summed E-state index contributed by atoms with van der Waals surface area (Å²) in [5.41, 5.74) is 1.12. The van der Waals surface area contributed by atoms with Crippen molar-refractivity contribution in [1.29, 1.82) is 0 Å². The van der Waals surface area contributed by atoms with Gasteiger partial charge in [0.2, 0.25) is 5.91 Å². The van der Waals surface area contributed by atoms with Gasteiger partial charge in [-0.1, -0.05) is 36.7 Å². The molecule has 1 aromatic carbocycles. The summed E-state index contributed by atoms with van der Waals surface area (Å²) in [7, 11) is 0. The fourth-order valence-electron chi connectivity index (χ4n) is 4.13. The fraction of sp³-hybridized carbons (Fsp3) is 0.600. The molecule has 2 heterocycles. The third kappa shape index (κ3) is 3.86. The number of amides is 1. The number of carbonyl (C=O) groups excluding carboxylic acids is 1. The molecule has 140 valence electrons. The average Bonchev–Trinajstić information content (AvgIpc) is 3.13. The monoisotopic (exact) mass is 389 g/mol. The molecule has 4 rings (SSSR count). The second-order valence-corrected chi connectivity index (χ2v) is 9.24. The van der Waals surface area contributed by atoms with Gasteiger partial charge in [-0.2, -0.15) is 0 Å². The summed E-state index contributed by atoms with van der Waals surface area (Å²) in [5.74, 6) is 0.994. The highest BCUT2D eigenvalue weighted by atomic mass is 32.2. The largest absolute Gasteiger partial charge is 0.345 e. The number of rotatable bonds is 4. The van der Waals surface area contributed by atoms with Gasteiger partial charge >= 0.3 is 0 Å². The average molecular weight is 390 g/mol. The number of thiazole rings is 1. The van der Waals surface area contributed by atoms with Gasteiger partial charge in [-0.25, -0.2) is 4.98 Å². The molecule has 1 amide bonds. The van der Waals surface area contributed by atoms with Crippen LogP contribution in [0.25, 0.3) is 10.2 Å². The molecule has 26 heavy (non-hydrogen) atoms. The molecule has 2 aromatic rings. The predicted octanol–water partition coefficient (Wildman–Crippen LogP) is 4.64. The molecular formula is C20H27N3OS2. The van der Waals surface area contributed by atoms with Gasteiger partial charge in [0, 0.05) is 37.5 Å². The molecule has 0 unspecified atom stereocenters. The summed E-state index contributed by atoms with van der Waals surface area (Å²) in [6.45, 7) is 3.45. The van der Waals surface area contributed by atoms with Crippen LogP contribution in [0.15, 0.2) is 23.1 Å². The molecule has 2 aliphatic rings. The number of carbonyl (C=O) groups is 1. The number of aromatic nitrogens is 1. The highest BCUT2D eigenvalue weighted by Crippen LogP contribution is 2.34. The zero-order valence-electron chi connectivity index (χ0n) is 15.4. The van der Waals surface area contributed by atoms with Crippen molar-refractivity contribution in [3.8, 4) is 0 Å². The van der Waals surface area contributed by atoms with Crippen LogP contribution >= 0.6 is 23.1 Å². The lowest BCUT2D eigenvalue weighted by Crippen LogP contribution is -2.49. The van der Waals surface area contributed by atoms with Crippen molar-refractivity contribution in [3.63, 3.8) is 0 Å². The summed E-state index contributed by atoms with van der Waals surface area (Å²) in [4.78, 5) is 23.2. The molecule has 1 saturated heterocycles. The molecule has 0 bridgehead atoms. The van der Waals surface area contributed by atoms with E-state index in [1.807, 2.05) is 0 Å². The van der Waals surface area contributed by atoms with Gasteiger partial charge < -0.3 is 9.80 Å². The first-order valence-corrected chi connectivity index (χ1v) is 11.7. The zero-order chi connectivity index (χ0) is 17.9. The van der Waals surface area contributed by atoms with Gasteiger partial charge in [-0.05, 0) is 37.1 Å². The Kier molecular flexibility index (Phi) is 5.69. The first-order valence-electron chi connectivity index (χ1n) is 9.71. The molecule has 6 heteroatoms. The lowest BCUT2D eigenvalue weighted by molar-refractivity contribution is -0.132. The summed E-state index contributed by atoms with van der Waals surface area (Å²) >= 11 is 3.52. The van der Waals surface area contributed by atoms with Gasteiger partial charge in [0.05, 0.1) is 10.2 Å². The van der Waals surface area contributed by atoms with Crippen LogP contribution in [0.1, 0.15) is 38.5 Å². The molecule has 1 aliphatic heterocycles. The number of anilines is 1. The van der Waals surface area contributed by atoms with Gasteiger partial charge in [0.25, 0.3) is 0 Å². The lowest BCUT2D eigenvalue weighted by Gasteiger charge is -2.35. The van der Waals surface area contributed by atoms with Crippen molar-refractivity contribution in [3.05, 3.63) is 18.2 Å². The Morgan fingerprint density at radius 3 is 2.69 bits per heavy atom. The molecule has 2 fully saturated rings. The normalized spacial score (nSPS) is 19.3. The van der Waals surface area contributed by atoms with E-state index in [0.29, 0.717) is 11.8 Å². The molecule has 1 aromatic heterocycles. The van der Waals surface area contributed by atoms with Crippen molar-refractivity contribution in [2.24, 2.45) is 5.92 Å². The van der Waals surface area contributed by atoms with Crippen LogP contribution in [0, 0.1) is 5.92 Å². The van der Waals surface area contributed by atoms with Crippen molar-refractivity contribution < 1.29 is 4.79 Å². The molecule has 0 atom stereocenters. The molecule has 0 radical (unpaired) electrons. The molecular weight excluding hydrogens is 362 g/mol. The van der Waals surface area contributed by atoms with E-state index in [1.165, 1.54) is 41.7 Å². The van der Waals surface area contributed by atoms with Crippen molar-refractivity contribution in [1.82, 2.24) is 9.88 Å². The minimum atomic E-state index is 0.366. The standard InChI is InChI=1S/C20H27N3OS2/c1-25-16-8-5-9-17-19(16)21-20(26-17)23-12-10-22(11-13-23)18(24)14-15-6-3-2-4-7-15/h5,8-9,15H,2-4,6-7,10-14H2,1H3. The van der Waals surface area contributed by atoms with Crippen LogP contribution in [-0.2, 0) is 4.79 Å². The van der Waals surface area contributed by atoms with E-state index < -0.39 is 0 Å². The third-order valence-corrected chi connectivity index (χ3v) is 7.53. The maximum Gasteiger partial charge on any atom is 0.222 e. The zero-order valence-corrected chi connectivity index (χ0v) is 17.1. The van der Waals surface area contributed by atoms with Crippen molar-refractivity contribution in [2.45, 2.75) is 43.4 Å². The van der Waals surface area contributed by atoms with Gasteiger partial charge in [-0.3, -0.25) is 4.79 Å².